The molecule has 4 aromatic heterocycles. The first-order valence-electron chi connectivity index (χ1n) is 10.4. The number of halogens is 1. The van der Waals surface area contributed by atoms with E-state index in [-0.39, 0.29) is 12.0 Å². The maximum atomic E-state index is 12.1. The fraction of sp³-hybridized carbons (Fsp3) is 0.381. The van der Waals surface area contributed by atoms with E-state index in [9.17, 15) is 9.90 Å². The van der Waals surface area contributed by atoms with Gasteiger partial charge in [-0.2, -0.15) is 5.10 Å². The summed E-state index contributed by atoms with van der Waals surface area (Å²) in [4.78, 5) is 21.1. The highest BCUT2D eigenvalue weighted by Crippen LogP contribution is 2.46. The molecule has 3 N–H and O–H groups in total. The number of nitrogens with one attached hydrogen (secondary N) is 2. The number of hydrogen-bond acceptors (Lipinski definition) is 6. The molecule has 0 saturated heterocycles. The van der Waals surface area contributed by atoms with Gasteiger partial charge in [0, 0.05) is 18.4 Å². The predicted molar refractivity (Wildman–Crippen MR) is 115 cm³/mol. The highest BCUT2D eigenvalue weighted by atomic mass is 35.5. The van der Waals surface area contributed by atoms with Crippen LogP contribution in [0.2, 0.25) is 5.02 Å². The molecule has 158 valence electrons. The van der Waals surface area contributed by atoms with Gasteiger partial charge in [0.1, 0.15) is 11.2 Å². The minimum Gasteiger partial charge on any atom is -0.481 e. The van der Waals surface area contributed by atoms with E-state index in [4.69, 9.17) is 16.6 Å². The molecular formula is C21H20ClN7O2. The molecule has 3 saturated carbocycles. The Labute approximate surface area is 181 Å². The molecule has 3 fully saturated rings. The van der Waals surface area contributed by atoms with Gasteiger partial charge in [-0.05, 0) is 55.7 Å². The van der Waals surface area contributed by atoms with Gasteiger partial charge in [-0.25, -0.2) is 14.5 Å². The Kier molecular flexibility index (Phi) is 4.14. The molecule has 2 atom stereocenters. The third kappa shape index (κ3) is 2.95. The molecule has 3 aliphatic carbocycles. The number of H-pyrrole nitrogens is 1. The van der Waals surface area contributed by atoms with E-state index in [1.54, 1.807) is 16.8 Å². The summed E-state index contributed by atoms with van der Waals surface area (Å²) in [6, 6.07) is 5.44. The molecule has 2 bridgehead atoms. The summed E-state index contributed by atoms with van der Waals surface area (Å²) in [5.41, 5.74) is 1.94. The number of pyridine rings is 1. The molecule has 0 unspecified atom stereocenters. The molecule has 7 rings (SSSR count). The summed E-state index contributed by atoms with van der Waals surface area (Å²) in [5, 5.41) is 26.5. The topological polar surface area (TPSA) is 121 Å². The quantitative estimate of drug-likeness (QED) is 0.445. The second kappa shape index (κ2) is 6.91. The average Bonchev–Trinajstić information content (AvgIpc) is 3.41. The second-order valence-corrected chi connectivity index (χ2v) is 8.89. The lowest BCUT2D eigenvalue weighted by Gasteiger charge is -2.47. The molecule has 3 aliphatic rings. The van der Waals surface area contributed by atoms with Crippen molar-refractivity contribution in [2.75, 3.05) is 5.32 Å². The van der Waals surface area contributed by atoms with Crippen molar-refractivity contribution < 1.29 is 9.90 Å². The van der Waals surface area contributed by atoms with Crippen molar-refractivity contribution in [3.05, 3.63) is 35.6 Å². The number of aromatic nitrogens is 6. The van der Waals surface area contributed by atoms with Crippen LogP contribution in [0.15, 0.2) is 30.6 Å². The van der Waals surface area contributed by atoms with E-state index in [2.05, 4.69) is 25.6 Å². The van der Waals surface area contributed by atoms with E-state index in [1.807, 2.05) is 18.3 Å². The van der Waals surface area contributed by atoms with Crippen molar-refractivity contribution in [2.45, 2.75) is 31.7 Å². The van der Waals surface area contributed by atoms with Crippen molar-refractivity contribution in [2.24, 2.45) is 17.8 Å². The Morgan fingerprint density at radius 2 is 2.06 bits per heavy atom. The molecular weight excluding hydrogens is 418 g/mol. The van der Waals surface area contributed by atoms with Gasteiger partial charge in [-0.3, -0.25) is 9.89 Å². The zero-order valence-electron chi connectivity index (χ0n) is 16.5. The number of aliphatic carboxylic acids is 1. The number of rotatable bonds is 4. The minimum atomic E-state index is -0.729. The monoisotopic (exact) mass is 437 g/mol. The van der Waals surface area contributed by atoms with Crippen molar-refractivity contribution in [1.29, 1.82) is 0 Å². The molecule has 4 heterocycles. The SMILES string of the molecule is O=C(O)[C@H]1C2CCC(CC2)[C@@H]1Nc1nc(-c2[nH]nc3ncc(Cl)cc23)nn2cccc12. The number of hydrogen-bond donors (Lipinski definition) is 3. The van der Waals surface area contributed by atoms with E-state index in [0.29, 0.717) is 33.9 Å². The van der Waals surface area contributed by atoms with Gasteiger partial charge in [0.2, 0.25) is 5.82 Å². The van der Waals surface area contributed by atoms with Crippen LogP contribution in [-0.4, -0.2) is 46.9 Å². The lowest BCUT2D eigenvalue weighted by Crippen LogP contribution is -2.51. The van der Waals surface area contributed by atoms with Crippen molar-refractivity contribution in [3.63, 3.8) is 0 Å². The van der Waals surface area contributed by atoms with Gasteiger partial charge < -0.3 is 10.4 Å². The number of carboxylic acids is 1. The van der Waals surface area contributed by atoms with Gasteiger partial charge in [0.25, 0.3) is 0 Å². The standard InChI is InChI=1S/C21H20ClN7O2/c22-12-8-13-17(26-27-18(13)23-9-12)20-25-19(14-2-1-7-29(14)28-20)24-16-11-5-3-10(4-6-11)15(16)21(30)31/h1-2,7-11,15-16H,3-6H2,(H,30,31)(H,23,26,27)(H,24,25,28)/t10?,11?,15-,16-/m0/s1. The number of anilines is 1. The normalized spacial score (nSPS) is 25.3. The van der Waals surface area contributed by atoms with Crippen LogP contribution in [0.25, 0.3) is 28.1 Å². The third-order valence-corrected chi connectivity index (χ3v) is 7.01. The van der Waals surface area contributed by atoms with Crippen molar-refractivity contribution >= 4 is 39.9 Å². The van der Waals surface area contributed by atoms with Crippen LogP contribution >= 0.6 is 11.6 Å². The van der Waals surface area contributed by atoms with Gasteiger partial charge in [0.05, 0.1) is 16.3 Å². The summed E-state index contributed by atoms with van der Waals surface area (Å²) in [6.45, 7) is 0. The molecule has 10 heteroatoms. The number of carbonyl (C=O) groups is 1. The van der Waals surface area contributed by atoms with E-state index < -0.39 is 11.9 Å². The molecule has 0 spiro atoms. The van der Waals surface area contributed by atoms with Gasteiger partial charge in [-0.1, -0.05) is 11.6 Å². The van der Waals surface area contributed by atoms with Crippen LogP contribution in [-0.2, 0) is 4.79 Å². The first-order valence-corrected chi connectivity index (χ1v) is 10.8. The smallest absolute Gasteiger partial charge is 0.308 e. The fourth-order valence-electron chi connectivity index (χ4n) is 5.36. The van der Waals surface area contributed by atoms with Crippen LogP contribution in [0.5, 0.6) is 0 Å². The van der Waals surface area contributed by atoms with Crippen molar-refractivity contribution in [1.82, 2.24) is 29.8 Å². The highest BCUT2D eigenvalue weighted by molar-refractivity contribution is 6.31. The lowest BCUT2D eigenvalue weighted by molar-refractivity contribution is -0.148. The first kappa shape index (κ1) is 18.6. The highest BCUT2D eigenvalue weighted by Gasteiger charge is 2.47. The zero-order chi connectivity index (χ0) is 21.1. The number of aromatic amines is 1. The van der Waals surface area contributed by atoms with E-state index in [0.717, 1.165) is 36.6 Å². The van der Waals surface area contributed by atoms with Crippen LogP contribution < -0.4 is 5.32 Å². The minimum absolute atomic E-state index is 0.152. The summed E-state index contributed by atoms with van der Waals surface area (Å²) < 4.78 is 1.74. The molecule has 0 aliphatic heterocycles. The van der Waals surface area contributed by atoms with Crippen molar-refractivity contribution in [3.8, 4) is 11.5 Å². The molecule has 0 radical (unpaired) electrons. The largest absolute Gasteiger partial charge is 0.481 e. The zero-order valence-corrected chi connectivity index (χ0v) is 17.3. The first-order chi connectivity index (χ1) is 15.1. The second-order valence-electron chi connectivity index (χ2n) is 8.45. The Morgan fingerprint density at radius 3 is 2.87 bits per heavy atom. The Balaban J connectivity index is 1.46. The summed E-state index contributed by atoms with van der Waals surface area (Å²) in [7, 11) is 0. The molecule has 0 amide bonds. The molecule has 9 nitrogen and oxygen atoms in total. The average molecular weight is 438 g/mol. The van der Waals surface area contributed by atoms with Crippen LogP contribution in [0.4, 0.5) is 5.82 Å². The van der Waals surface area contributed by atoms with E-state index in [1.165, 1.54) is 0 Å². The molecule has 4 aromatic rings. The van der Waals surface area contributed by atoms with Gasteiger partial charge in [0.15, 0.2) is 11.5 Å². The maximum absolute atomic E-state index is 12.1. The molecule has 31 heavy (non-hydrogen) atoms. The third-order valence-electron chi connectivity index (χ3n) is 6.80. The van der Waals surface area contributed by atoms with Crippen LogP contribution in [0.3, 0.4) is 0 Å². The van der Waals surface area contributed by atoms with Crippen LogP contribution in [0, 0.1) is 17.8 Å². The summed E-state index contributed by atoms with van der Waals surface area (Å²) >= 11 is 6.14. The predicted octanol–water partition coefficient (Wildman–Crippen LogP) is 3.62. The van der Waals surface area contributed by atoms with Gasteiger partial charge >= 0.3 is 5.97 Å². The van der Waals surface area contributed by atoms with Crippen LogP contribution in [0.1, 0.15) is 25.7 Å². The fourth-order valence-corrected chi connectivity index (χ4v) is 5.52. The van der Waals surface area contributed by atoms with Gasteiger partial charge in [-0.15, -0.1) is 5.10 Å². The Bertz CT molecular complexity index is 1310. The Hall–Kier alpha value is -3.20. The molecule has 0 aromatic carbocycles. The number of nitrogens with zero attached hydrogens (tertiary/aromatic N) is 5. The van der Waals surface area contributed by atoms with E-state index >= 15 is 0 Å². The summed E-state index contributed by atoms with van der Waals surface area (Å²) in [6.07, 6.45) is 7.47. The number of fused-ring (bicyclic) bond motifs is 5. The lowest BCUT2D eigenvalue weighted by atomic mass is 9.61. The number of carboxylic acid groups (broad SMARTS) is 1. The maximum Gasteiger partial charge on any atom is 0.308 e. The summed E-state index contributed by atoms with van der Waals surface area (Å²) in [5.74, 6) is 0.469. The Morgan fingerprint density at radius 1 is 1.26 bits per heavy atom.